The minimum Gasteiger partial charge on any atom is -0.299 e. The van der Waals surface area contributed by atoms with Crippen LogP contribution in [0.4, 0.5) is 5.69 Å². The number of aromatic nitrogens is 2. The summed E-state index contributed by atoms with van der Waals surface area (Å²) in [6, 6.07) is 4.93. The minimum atomic E-state index is -3.06. The predicted octanol–water partition coefficient (Wildman–Crippen LogP) is 3.01. The molecule has 0 amide bonds. The summed E-state index contributed by atoms with van der Waals surface area (Å²) in [5.74, 6) is 0.0993. The van der Waals surface area contributed by atoms with E-state index in [1.165, 1.54) is 10.9 Å². The van der Waals surface area contributed by atoms with Gasteiger partial charge in [-0.3, -0.25) is 14.9 Å². The molecule has 2 aromatic rings. The molecule has 1 aliphatic heterocycles. The van der Waals surface area contributed by atoms with Gasteiger partial charge in [-0.25, -0.2) is 13.1 Å². The fourth-order valence-corrected chi connectivity index (χ4v) is 5.11. The predicted molar refractivity (Wildman–Crippen MR) is 98.5 cm³/mol. The molecular weight excluding hydrogens is 418 g/mol. The van der Waals surface area contributed by atoms with Gasteiger partial charge in [-0.2, -0.15) is 0 Å². The van der Waals surface area contributed by atoms with E-state index < -0.39 is 9.84 Å². The molecule has 6 nitrogen and oxygen atoms in total. The van der Waals surface area contributed by atoms with Crippen molar-refractivity contribution in [3.63, 3.8) is 0 Å². The number of halogens is 2. The van der Waals surface area contributed by atoms with E-state index in [4.69, 9.17) is 11.6 Å². The molecule has 0 aliphatic carbocycles. The van der Waals surface area contributed by atoms with Crippen LogP contribution >= 0.6 is 27.5 Å². The van der Waals surface area contributed by atoms with Crippen molar-refractivity contribution in [2.75, 3.05) is 11.5 Å². The number of sulfone groups is 1. The number of nitrogens with zero attached hydrogens (tertiary/aromatic N) is 2. The van der Waals surface area contributed by atoms with Gasteiger partial charge in [0.2, 0.25) is 0 Å². The average Bonchev–Trinajstić information content (AvgIpc) is 2.99. The Bertz CT molecular complexity index is 978. The lowest BCUT2D eigenvalue weighted by Gasteiger charge is -2.07. The largest absolute Gasteiger partial charge is 0.299 e. The standard InChI is InChI=1S/C15H15BrClN3O3S/c1-9-12(7-18-14-3-2-10(16)6-13(14)17)15(21)20(19-9)11-4-5-24(22,23)8-11/h2-3,6-7,11,19H,4-5,8H2,1H3/t11-/m1/s1. The molecule has 0 unspecified atom stereocenters. The van der Waals surface area contributed by atoms with Gasteiger partial charge < -0.3 is 0 Å². The second-order valence-electron chi connectivity index (χ2n) is 5.74. The van der Waals surface area contributed by atoms with Gasteiger partial charge in [-0.15, -0.1) is 0 Å². The van der Waals surface area contributed by atoms with Crippen molar-refractivity contribution in [2.24, 2.45) is 4.99 Å². The maximum absolute atomic E-state index is 12.6. The number of aryl methyl sites for hydroxylation is 1. The smallest absolute Gasteiger partial charge is 0.275 e. The number of nitrogens with one attached hydrogen (secondary N) is 1. The molecule has 0 radical (unpaired) electrons. The molecule has 0 bridgehead atoms. The molecule has 0 saturated carbocycles. The maximum atomic E-state index is 12.6. The van der Waals surface area contributed by atoms with E-state index in [1.807, 2.05) is 6.07 Å². The Morgan fingerprint density at radius 1 is 1.46 bits per heavy atom. The van der Waals surface area contributed by atoms with Crippen LogP contribution in [0.5, 0.6) is 0 Å². The fourth-order valence-electron chi connectivity index (χ4n) is 2.69. The molecule has 1 N–H and O–H groups in total. The van der Waals surface area contributed by atoms with Gasteiger partial charge in [0.25, 0.3) is 5.56 Å². The van der Waals surface area contributed by atoms with E-state index in [1.54, 1.807) is 19.1 Å². The summed E-state index contributed by atoms with van der Waals surface area (Å²) in [6.45, 7) is 1.76. The normalized spacial score (nSPS) is 20.0. The lowest BCUT2D eigenvalue weighted by Crippen LogP contribution is -2.25. The Kier molecular flexibility index (Phi) is 4.72. The van der Waals surface area contributed by atoms with Crippen molar-refractivity contribution in [1.29, 1.82) is 0 Å². The number of benzene rings is 1. The van der Waals surface area contributed by atoms with Crippen LogP contribution in [0.3, 0.4) is 0 Å². The van der Waals surface area contributed by atoms with Crippen LogP contribution in [-0.4, -0.2) is 35.9 Å². The van der Waals surface area contributed by atoms with Crippen LogP contribution in [0.1, 0.15) is 23.7 Å². The second kappa shape index (κ2) is 6.50. The van der Waals surface area contributed by atoms with E-state index in [2.05, 4.69) is 26.0 Å². The Morgan fingerprint density at radius 2 is 2.21 bits per heavy atom. The summed E-state index contributed by atoms with van der Waals surface area (Å²) < 4.78 is 25.5. The van der Waals surface area contributed by atoms with Crippen LogP contribution < -0.4 is 5.56 Å². The molecule has 0 spiro atoms. The topological polar surface area (TPSA) is 84.3 Å². The van der Waals surface area contributed by atoms with Gasteiger partial charge in [-0.1, -0.05) is 27.5 Å². The molecule has 128 valence electrons. The number of hydrogen-bond acceptors (Lipinski definition) is 4. The van der Waals surface area contributed by atoms with E-state index in [9.17, 15) is 13.2 Å². The van der Waals surface area contributed by atoms with Crippen LogP contribution in [0.2, 0.25) is 5.02 Å². The van der Waals surface area contributed by atoms with Gasteiger partial charge in [0.1, 0.15) is 0 Å². The molecule has 24 heavy (non-hydrogen) atoms. The van der Waals surface area contributed by atoms with Gasteiger partial charge >= 0.3 is 0 Å². The Hall–Kier alpha value is -1.38. The summed E-state index contributed by atoms with van der Waals surface area (Å²) in [5, 5.41) is 3.43. The van der Waals surface area contributed by atoms with Crippen LogP contribution in [0.15, 0.2) is 32.5 Å². The molecule has 1 aromatic heterocycles. The summed E-state index contributed by atoms with van der Waals surface area (Å²) >= 11 is 9.44. The second-order valence-corrected chi connectivity index (χ2v) is 9.29. The van der Waals surface area contributed by atoms with Crippen molar-refractivity contribution in [1.82, 2.24) is 9.78 Å². The molecule has 1 fully saturated rings. The molecule has 2 heterocycles. The van der Waals surface area contributed by atoms with Crippen molar-refractivity contribution in [3.8, 4) is 0 Å². The fraction of sp³-hybridized carbons (Fsp3) is 0.333. The molecule has 1 aliphatic rings. The third kappa shape index (κ3) is 3.50. The first-order valence-corrected chi connectivity index (χ1v) is 10.3. The lowest BCUT2D eigenvalue weighted by molar-refractivity contribution is 0.483. The zero-order chi connectivity index (χ0) is 17.5. The summed E-state index contributed by atoms with van der Waals surface area (Å²) in [5.41, 5.74) is 1.32. The van der Waals surface area contributed by atoms with Crippen molar-refractivity contribution in [3.05, 3.63) is 49.3 Å². The highest BCUT2D eigenvalue weighted by atomic mass is 79.9. The van der Waals surface area contributed by atoms with E-state index >= 15 is 0 Å². The molecule has 1 atom stereocenters. The van der Waals surface area contributed by atoms with E-state index in [-0.39, 0.29) is 23.1 Å². The molecule has 9 heteroatoms. The monoisotopic (exact) mass is 431 g/mol. The third-order valence-corrected chi connectivity index (χ3v) is 6.50. The van der Waals surface area contributed by atoms with Crippen molar-refractivity contribution < 1.29 is 8.42 Å². The highest BCUT2D eigenvalue weighted by molar-refractivity contribution is 9.10. The SMILES string of the molecule is Cc1[nH]n([C@@H]2CCS(=O)(=O)C2)c(=O)c1C=Nc1ccc(Br)cc1Cl. The van der Waals surface area contributed by atoms with Gasteiger partial charge in [-0.05, 0) is 31.5 Å². The lowest BCUT2D eigenvalue weighted by atomic mass is 10.2. The summed E-state index contributed by atoms with van der Waals surface area (Å²) in [6.07, 6.45) is 1.90. The summed E-state index contributed by atoms with van der Waals surface area (Å²) in [7, 11) is -3.06. The molecule has 1 aromatic carbocycles. The quantitative estimate of drug-likeness (QED) is 0.757. The Balaban J connectivity index is 1.92. The van der Waals surface area contributed by atoms with Crippen LogP contribution in [-0.2, 0) is 9.84 Å². The highest BCUT2D eigenvalue weighted by Gasteiger charge is 2.31. The summed E-state index contributed by atoms with van der Waals surface area (Å²) in [4.78, 5) is 16.8. The van der Waals surface area contributed by atoms with Gasteiger partial charge in [0.05, 0.1) is 33.8 Å². The first-order chi connectivity index (χ1) is 11.3. The number of hydrogen-bond donors (Lipinski definition) is 1. The van der Waals surface area contributed by atoms with Crippen molar-refractivity contribution in [2.45, 2.75) is 19.4 Å². The van der Waals surface area contributed by atoms with Crippen LogP contribution in [0.25, 0.3) is 0 Å². The van der Waals surface area contributed by atoms with E-state index in [0.29, 0.717) is 28.4 Å². The first-order valence-electron chi connectivity index (χ1n) is 7.27. The molecular formula is C15H15BrClN3O3S. The van der Waals surface area contributed by atoms with Crippen molar-refractivity contribution >= 4 is 49.3 Å². The Labute approximate surface area is 152 Å². The molecule has 1 saturated heterocycles. The van der Waals surface area contributed by atoms with E-state index in [0.717, 1.165) is 4.47 Å². The number of aliphatic imine (C=N–C) groups is 1. The van der Waals surface area contributed by atoms with Gasteiger partial charge in [0.15, 0.2) is 9.84 Å². The highest BCUT2D eigenvalue weighted by Crippen LogP contribution is 2.28. The molecule has 3 rings (SSSR count). The van der Waals surface area contributed by atoms with Gasteiger partial charge in [0, 0.05) is 16.4 Å². The van der Waals surface area contributed by atoms with Crippen LogP contribution in [0, 0.1) is 6.92 Å². The minimum absolute atomic E-state index is 0.0119. The third-order valence-electron chi connectivity index (χ3n) is 3.96. The Morgan fingerprint density at radius 3 is 2.83 bits per heavy atom. The zero-order valence-corrected chi connectivity index (χ0v) is 15.9. The average molecular weight is 433 g/mol. The zero-order valence-electron chi connectivity index (χ0n) is 12.8. The number of aromatic amines is 1. The maximum Gasteiger partial charge on any atom is 0.275 e. The number of H-pyrrole nitrogens is 1. The first kappa shape index (κ1) is 17.4. The number of rotatable bonds is 3.